The highest BCUT2D eigenvalue weighted by Gasteiger charge is 1.99. The molecule has 2 N–H and O–H groups in total. The number of rotatable bonds is 0. The zero-order chi connectivity index (χ0) is 8.85. The lowest BCUT2D eigenvalue weighted by molar-refractivity contribution is 0.633. The van der Waals surface area contributed by atoms with Gasteiger partial charge in [0.05, 0.1) is 10.7 Å². The van der Waals surface area contributed by atoms with Gasteiger partial charge >= 0.3 is 0 Å². The zero-order valence-corrected chi connectivity index (χ0v) is 6.14. The number of benzene rings is 1. The van der Waals surface area contributed by atoms with Crippen LogP contribution in [0.3, 0.4) is 0 Å². The van der Waals surface area contributed by atoms with E-state index < -0.39 is 5.82 Å². The number of nitrogen functional groups attached to an aromatic ring is 1. The SMILES string of the molecule is Nc1cccc(Cl)c1F.O=O. The summed E-state index contributed by atoms with van der Waals surface area (Å²) in [5.41, 5.74) is 5.25. The lowest BCUT2D eigenvalue weighted by Crippen LogP contribution is -1.89. The fourth-order valence-electron chi connectivity index (χ4n) is 0.520. The molecule has 0 aromatic heterocycles. The van der Waals surface area contributed by atoms with Gasteiger partial charge in [0.15, 0.2) is 5.82 Å². The van der Waals surface area contributed by atoms with Gasteiger partial charge in [0.1, 0.15) is 0 Å². The molecule has 1 aromatic rings. The first-order chi connectivity index (χ1) is 5.22. The predicted molar refractivity (Wildman–Crippen MR) is 42.6 cm³/mol. The Bertz CT molecular complexity index is 224. The highest BCUT2D eigenvalue weighted by atomic mass is 35.5. The van der Waals surface area contributed by atoms with Crippen LogP contribution in [0.5, 0.6) is 0 Å². The first-order valence-electron chi connectivity index (χ1n) is 2.58. The number of anilines is 1. The summed E-state index contributed by atoms with van der Waals surface area (Å²) < 4.78 is 12.5. The molecule has 11 heavy (non-hydrogen) atoms. The average Bonchev–Trinajstić information content (AvgIpc) is 2.04. The van der Waals surface area contributed by atoms with Crippen molar-refractivity contribution < 1.29 is 4.39 Å². The minimum Gasteiger partial charge on any atom is -0.396 e. The minimum absolute atomic E-state index is 0.0648. The summed E-state index contributed by atoms with van der Waals surface area (Å²) in [4.78, 5) is 14.0. The highest BCUT2D eigenvalue weighted by Crippen LogP contribution is 2.18. The van der Waals surface area contributed by atoms with Gasteiger partial charge in [-0.25, -0.2) is 4.39 Å². The van der Waals surface area contributed by atoms with Crippen LogP contribution >= 0.6 is 11.6 Å². The van der Waals surface area contributed by atoms with Gasteiger partial charge in [-0.15, -0.1) is 0 Å². The lowest BCUT2D eigenvalue weighted by Gasteiger charge is -1.94. The van der Waals surface area contributed by atoms with Crippen LogP contribution in [-0.2, 0) is 0 Å². The van der Waals surface area contributed by atoms with E-state index in [0.717, 1.165) is 0 Å². The Labute approximate surface area is 67.2 Å². The molecule has 0 unspecified atom stereocenters. The van der Waals surface area contributed by atoms with E-state index in [0.29, 0.717) is 0 Å². The molecule has 5 heteroatoms. The summed E-state index contributed by atoms with van der Waals surface area (Å²) in [7, 11) is 0. The monoisotopic (exact) mass is 177 g/mol. The predicted octanol–water partition coefficient (Wildman–Crippen LogP) is 2.13. The van der Waals surface area contributed by atoms with Crippen LogP contribution in [0.15, 0.2) is 18.2 Å². The van der Waals surface area contributed by atoms with Crippen molar-refractivity contribution in [1.82, 2.24) is 0 Å². The molecule has 0 aliphatic heterocycles. The van der Waals surface area contributed by atoms with Crippen molar-refractivity contribution in [3.63, 3.8) is 0 Å². The van der Waals surface area contributed by atoms with Crippen LogP contribution in [0.1, 0.15) is 0 Å². The van der Waals surface area contributed by atoms with Crippen molar-refractivity contribution >= 4 is 17.3 Å². The first kappa shape index (κ1) is 9.84. The van der Waals surface area contributed by atoms with Gasteiger partial charge in [-0.2, -0.15) is 0 Å². The molecule has 0 saturated heterocycles. The van der Waals surface area contributed by atoms with E-state index in [4.69, 9.17) is 27.3 Å². The van der Waals surface area contributed by atoms with Crippen LogP contribution in [-0.4, -0.2) is 0 Å². The van der Waals surface area contributed by atoms with Crippen LogP contribution in [0, 0.1) is 15.7 Å². The van der Waals surface area contributed by atoms with Gasteiger partial charge in [-0.3, -0.25) is 0 Å². The second-order valence-corrected chi connectivity index (χ2v) is 2.05. The number of nitrogens with two attached hydrogens (primary N) is 1. The summed E-state index contributed by atoms with van der Waals surface area (Å²) in [6, 6.07) is 4.51. The lowest BCUT2D eigenvalue weighted by atomic mass is 10.3. The van der Waals surface area contributed by atoms with Crippen molar-refractivity contribution in [1.29, 1.82) is 0 Å². The maximum Gasteiger partial charge on any atom is 0.164 e. The zero-order valence-electron chi connectivity index (χ0n) is 5.38. The van der Waals surface area contributed by atoms with Gasteiger partial charge in [0.2, 0.25) is 0 Å². The van der Waals surface area contributed by atoms with Gasteiger partial charge in [0, 0.05) is 9.93 Å². The standard InChI is InChI=1S/C6H5ClFN.O2/c7-4-2-1-3-5(9)6(4)8;1-2/h1-3H,9H2;. The van der Waals surface area contributed by atoms with Crippen LogP contribution < -0.4 is 5.73 Å². The van der Waals surface area contributed by atoms with Gasteiger partial charge in [0.25, 0.3) is 0 Å². The first-order valence-corrected chi connectivity index (χ1v) is 2.96. The maximum absolute atomic E-state index is 12.5. The molecule has 0 atom stereocenters. The van der Waals surface area contributed by atoms with Crippen molar-refractivity contribution in [2.24, 2.45) is 0 Å². The van der Waals surface area contributed by atoms with Crippen molar-refractivity contribution in [2.75, 3.05) is 5.73 Å². The molecule has 0 radical (unpaired) electrons. The Morgan fingerprint density at radius 3 is 2.27 bits per heavy atom. The van der Waals surface area contributed by atoms with Crippen LogP contribution in [0.4, 0.5) is 10.1 Å². The van der Waals surface area contributed by atoms with E-state index in [1.807, 2.05) is 0 Å². The summed E-state index contributed by atoms with van der Waals surface area (Å²) in [6.07, 6.45) is 0. The molecule has 0 aliphatic rings. The third-order valence-electron chi connectivity index (χ3n) is 0.981. The van der Waals surface area contributed by atoms with Gasteiger partial charge in [-0.1, -0.05) is 17.7 Å². The molecule has 0 amide bonds. The highest BCUT2D eigenvalue weighted by molar-refractivity contribution is 6.31. The topological polar surface area (TPSA) is 60.2 Å². The van der Waals surface area contributed by atoms with Crippen LogP contribution in [0.25, 0.3) is 0 Å². The molecule has 0 bridgehead atoms. The fourth-order valence-corrected chi connectivity index (χ4v) is 0.702. The van der Waals surface area contributed by atoms with E-state index in [1.165, 1.54) is 12.1 Å². The molecule has 3 nitrogen and oxygen atoms in total. The maximum atomic E-state index is 12.5. The van der Waals surface area contributed by atoms with E-state index >= 15 is 0 Å². The Morgan fingerprint density at radius 1 is 1.36 bits per heavy atom. The Morgan fingerprint density at radius 2 is 1.91 bits per heavy atom. The average molecular weight is 178 g/mol. The molecule has 1 rings (SSSR count). The van der Waals surface area contributed by atoms with Gasteiger partial charge < -0.3 is 5.73 Å². The minimum atomic E-state index is -0.542. The fraction of sp³-hybridized carbons (Fsp3) is 0. The second kappa shape index (κ2) is 4.62. The van der Waals surface area contributed by atoms with E-state index in [9.17, 15) is 4.39 Å². The van der Waals surface area contributed by atoms with Crippen molar-refractivity contribution in [3.8, 4) is 0 Å². The normalized spacial score (nSPS) is 8.18. The van der Waals surface area contributed by atoms with Crippen molar-refractivity contribution in [2.45, 2.75) is 0 Å². The molecule has 0 saturated carbocycles. The summed E-state index contributed by atoms with van der Waals surface area (Å²) >= 11 is 5.36. The Kier molecular flexibility index (Phi) is 4.14. The van der Waals surface area contributed by atoms with Crippen molar-refractivity contribution in [3.05, 3.63) is 39.0 Å². The smallest absolute Gasteiger partial charge is 0.164 e. The largest absolute Gasteiger partial charge is 0.396 e. The third-order valence-corrected chi connectivity index (χ3v) is 1.27. The molecule has 0 heterocycles. The van der Waals surface area contributed by atoms with E-state index in [2.05, 4.69) is 0 Å². The molecule has 60 valence electrons. The Balaban J connectivity index is 0.000000461. The molecule has 1 aromatic carbocycles. The summed E-state index contributed by atoms with van der Waals surface area (Å²) in [5, 5.41) is 0.0648. The molecule has 0 spiro atoms. The van der Waals surface area contributed by atoms with E-state index in [1.54, 1.807) is 6.07 Å². The molecular weight excluding hydrogens is 173 g/mol. The van der Waals surface area contributed by atoms with Gasteiger partial charge in [-0.05, 0) is 12.1 Å². The van der Waals surface area contributed by atoms with E-state index in [-0.39, 0.29) is 10.7 Å². The Hall–Kier alpha value is -1.16. The number of halogens is 2. The quantitative estimate of drug-likeness (QED) is 0.618. The molecule has 0 fully saturated rings. The molecular formula is C6H5ClFNO2. The second-order valence-electron chi connectivity index (χ2n) is 1.64. The summed E-state index contributed by atoms with van der Waals surface area (Å²) in [6.45, 7) is 0. The van der Waals surface area contributed by atoms with Crippen LogP contribution in [0.2, 0.25) is 5.02 Å². The third kappa shape index (κ3) is 2.51. The summed E-state index contributed by atoms with van der Waals surface area (Å²) in [5.74, 6) is -0.542. The molecule has 0 aliphatic carbocycles. The number of hydrogen-bond donors (Lipinski definition) is 1. The number of hydrogen-bond acceptors (Lipinski definition) is 3.